The van der Waals surface area contributed by atoms with Gasteiger partial charge in [0.1, 0.15) is 0 Å². The van der Waals surface area contributed by atoms with Crippen LogP contribution in [0.3, 0.4) is 0 Å². The van der Waals surface area contributed by atoms with Gasteiger partial charge in [0.2, 0.25) is 0 Å². The van der Waals surface area contributed by atoms with Crippen molar-refractivity contribution in [1.29, 1.82) is 0 Å². The molecule has 4 heteroatoms. The van der Waals surface area contributed by atoms with Crippen LogP contribution >= 0.6 is 12.2 Å². The molecular formula is C12H13N3S. The first-order chi connectivity index (χ1) is 7.86. The van der Waals surface area contributed by atoms with Crippen molar-refractivity contribution >= 4 is 23.3 Å². The number of pyridine rings is 1. The van der Waals surface area contributed by atoms with Gasteiger partial charge in [0.05, 0.1) is 17.2 Å². The minimum Gasteiger partial charge on any atom is -0.329 e. The van der Waals surface area contributed by atoms with E-state index in [-0.39, 0.29) is 0 Å². The van der Waals surface area contributed by atoms with Gasteiger partial charge in [-0.2, -0.15) is 0 Å². The van der Waals surface area contributed by atoms with Crippen LogP contribution in [0.4, 0.5) is 0 Å². The Morgan fingerprint density at radius 2 is 2.38 bits per heavy atom. The largest absolute Gasteiger partial charge is 0.329 e. The molecule has 1 aliphatic carbocycles. The lowest BCUT2D eigenvalue weighted by atomic mass is 10.0. The zero-order valence-electron chi connectivity index (χ0n) is 8.89. The lowest BCUT2D eigenvalue weighted by Crippen LogP contribution is -2.10. The fourth-order valence-corrected chi connectivity index (χ4v) is 2.71. The van der Waals surface area contributed by atoms with Crippen molar-refractivity contribution in [2.75, 3.05) is 0 Å². The molecule has 0 saturated heterocycles. The molecule has 0 aliphatic heterocycles. The first-order valence-corrected chi connectivity index (χ1v) is 5.96. The Hall–Kier alpha value is -1.42. The van der Waals surface area contributed by atoms with E-state index in [4.69, 9.17) is 12.2 Å². The van der Waals surface area contributed by atoms with E-state index in [1.165, 1.54) is 11.9 Å². The smallest absolute Gasteiger partial charge is 0.178 e. The number of fused-ring (bicyclic) bond motifs is 1. The van der Waals surface area contributed by atoms with Crippen molar-refractivity contribution in [2.24, 2.45) is 0 Å². The normalized spacial score (nSPS) is 20.4. The summed E-state index contributed by atoms with van der Waals surface area (Å²) in [6.45, 7) is 0. The van der Waals surface area contributed by atoms with Gasteiger partial charge in [0.15, 0.2) is 4.77 Å². The Balaban J connectivity index is 2.18. The van der Waals surface area contributed by atoms with Gasteiger partial charge in [0, 0.05) is 12.2 Å². The van der Waals surface area contributed by atoms with Gasteiger partial charge in [-0.15, -0.1) is 0 Å². The molecule has 82 valence electrons. The number of hydrogen-bond acceptors (Lipinski definition) is 2. The Morgan fingerprint density at radius 1 is 1.44 bits per heavy atom. The van der Waals surface area contributed by atoms with Gasteiger partial charge in [0.25, 0.3) is 0 Å². The maximum absolute atomic E-state index is 5.39. The number of rotatable bonds is 1. The van der Waals surface area contributed by atoms with Gasteiger partial charge in [-0.3, -0.25) is 4.98 Å². The average Bonchev–Trinajstić information content (AvgIpc) is 2.66. The summed E-state index contributed by atoms with van der Waals surface area (Å²) in [7, 11) is 0. The first-order valence-electron chi connectivity index (χ1n) is 5.55. The third kappa shape index (κ3) is 1.50. The van der Waals surface area contributed by atoms with E-state index in [1.54, 1.807) is 0 Å². The molecule has 3 rings (SSSR count). The number of allylic oxidation sites excluding steroid dienone is 2. The van der Waals surface area contributed by atoms with Crippen molar-refractivity contribution in [3.63, 3.8) is 0 Å². The van der Waals surface area contributed by atoms with Crippen LogP contribution in [0.15, 0.2) is 30.6 Å². The summed E-state index contributed by atoms with van der Waals surface area (Å²) in [6.07, 6.45) is 11.5. The number of imidazole rings is 1. The third-order valence-corrected chi connectivity index (χ3v) is 3.42. The molecule has 1 aliphatic rings. The zero-order valence-corrected chi connectivity index (χ0v) is 9.70. The molecule has 0 amide bonds. The molecule has 0 fully saturated rings. The predicted molar refractivity (Wildman–Crippen MR) is 66.9 cm³/mol. The van der Waals surface area contributed by atoms with Crippen LogP contribution < -0.4 is 0 Å². The number of nitrogens with one attached hydrogen (secondary N) is 1. The predicted octanol–water partition coefficient (Wildman–Crippen LogP) is 3.38. The standard InChI is InChI=1S/C12H13N3S/c16-12-14-10-8-13-7-6-11(10)15(12)9-4-2-1-3-5-9/h1-2,6-9H,3-5H2,(H,14,16). The van der Waals surface area contributed by atoms with E-state index < -0.39 is 0 Å². The summed E-state index contributed by atoms with van der Waals surface area (Å²) >= 11 is 5.39. The quantitative estimate of drug-likeness (QED) is 0.603. The lowest BCUT2D eigenvalue weighted by molar-refractivity contribution is 0.467. The molecule has 0 aromatic carbocycles. The van der Waals surface area contributed by atoms with Gasteiger partial charge >= 0.3 is 0 Å². The fourth-order valence-electron chi connectivity index (χ4n) is 2.35. The number of nitrogens with zero attached hydrogens (tertiary/aromatic N) is 2. The van der Waals surface area contributed by atoms with E-state index in [9.17, 15) is 0 Å². The van der Waals surface area contributed by atoms with E-state index in [0.717, 1.165) is 23.1 Å². The Labute approximate surface area is 98.8 Å². The Bertz CT molecular complexity index is 594. The van der Waals surface area contributed by atoms with Crippen LogP contribution in [-0.4, -0.2) is 14.5 Å². The SMILES string of the molecule is S=c1[nH]c2cnccc2n1C1CC=CCC1. The molecule has 2 aromatic heterocycles. The van der Waals surface area contributed by atoms with Crippen LogP contribution in [0.2, 0.25) is 0 Å². The number of aromatic nitrogens is 3. The molecule has 2 heterocycles. The highest BCUT2D eigenvalue weighted by molar-refractivity contribution is 7.71. The first kappa shape index (κ1) is 9.78. The molecule has 0 bridgehead atoms. The molecule has 1 N–H and O–H groups in total. The summed E-state index contributed by atoms with van der Waals surface area (Å²) in [5.41, 5.74) is 2.20. The maximum Gasteiger partial charge on any atom is 0.178 e. The summed E-state index contributed by atoms with van der Waals surface area (Å²) < 4.78 is 3.04. The summed E-state index contributed by atoms with van der Waals surface area (Å²) in [6, 6.07) is 2.52. The highest BCUT2D eigenvalue weighted by Crippen LogP contribution is 2.27. The Kier molecular flexibility index (Phi) is 2.36. The zero-order chi connectivity index (χ0) is 11.0. The highest BCUT2D eigenvalue weighted by atomic mass is 32.1. The van der Waals surface area contributed by atoms with Gasteiger partial charge in [-0.1, -0.05) is 12.2 Å². The second-order valence-electron chi connectivity index (χ2n) is 4.13. The van der Waals surface area contributed by atoms with E-state index in [1.807, 2.05) is 18.5 Å². The summed E-state index contributed by atoms with van der Waals surface area (Å²) in [4.78, 5) is 7.32. The molecule has 0 spiro atoms. The minimum atomic E-state index is 0.494. The second-order valence-corrected chi connectivity index (χ2v) is 4.52. The summed E-state index contributed by atoms with van der Waals surface area (Å²) in [5.74, 6) is 0. The van der Waals surface area contributed by atoms with Crippen molar-refractivity contribution in [1.82, 2.24) is 14.5 Å². The van der Waals surface area contributed by atoms with Crippen LogP contribution in [0.25, 0.3) is 11.0 Å². The topological polar surface area (TPSA) is 33.6 Å². The average molecular weight is 231 g/mol. The monoisotopic (exact) mass is 231 g/mol. The number of hydrogen-bond donors (Lipinski definition) is 1. The molecule has 16 heavy (non-hydrogen) atoms. The van der Waals surface area contributed by atoms with Crippen LogP contribution in [0.5, 0.6) is 0 Å². The summed E-state index contributed by atoms with van der Waals surface area (Å²) in [5, 5.41) is 0. The van der Waals surface area contributed by atoms with Crippen LogP contribution in [0.1, 0.15) is 25.3 Å². The minimum absolute atomic E-state index is 0.494. The van der Waals surface area contributed by atoms with Crippen molar-refractivity contribution in [3.8, 4) is 0 Å². The number of aromatic amines is 1. The second kappa shape index (κ2) is 3.87. The molecular weight excluding hydrogens is 218 g/mol. The maximum atomic E-state index is 5.39. The van der Waals surface area contributed by atoms with Gasteiger partial charge in [-0.05, 0) is 37.5 Å². The lowest BCUT2D eigenvalue weighted by Gasteiger charge is -2.20. The van der Waals surface area contributed by atoms with E-state index in [0.29, 0.717) is 6.04 Å². The van der Waals surface area contributed by atoms with Crippen molar-refractivity contribution in [2.45, 2.75) is 25.3 Å². The van der Waals surface area contributed by atoms with Gasteiger partial charge < -0.3 is 9.55 Å². The van der Waals surface area contributed by atoms with Crippen molar-refractivity contribution in [3.05, 3.63) is 35.4 Å². The highest BCUT2D eigenvalue weighted by Gasteiger charge is 2.15. The molecule has 1 atom stereocenters. The van der Waals surface area contributed by atoms with Crippen molar-refractivity contribution < 1.29 is 0 Å². The van der Waals surface area contributed by atoms with E-state index >= 15 is 0 Å². The Morgan fingerprint density at radius 3 is 3.19 bits per heavy atom. The number of H-pyrrole nitrogens is 1. The molecule has 1 unspecified atom stereocenters. The van der Waals surface area contributed by atoms with Gasteiger partial charge in [-0.25, -0.2) is 0 Å². The van der Waals surface area contributed by atoms with E-state index in [2.05, 4.69) is 26.7 Å². The van der Waals surface area contributed by atoms with Crippen LogP contribution in [-0.2, 0) is 0 Å². The molecule has 0 saturated carbocycles. The van der Waals surface area contributed by atoms with Crippen LogP contribution in [0, 0.1) is 4.77 Å². The molecule has 3 nitrogen and oxygen atoms in total. The molecule has 0 radical (unpaired) electrons. The fraction of sp³-hybridized carbons (Fsp3) is 0.333. The molecule has 2 aromatic rings. The third-order valence-electron chi connectivity index (χ3n) is 3.12.